The van der Waals surface area contributed by atoms with E-state index in [0.29, 0.717) is 15.7 Å². The molecule has 2 heterocycles. The molecule has 4 rings (SSSR count). The summed E-state index contributed by atoms with van der Waals surface area (Å²) in [5.41, 5.74) is 2.00. The van der Waals surface area contributed by atoms with Gasteiger partial charge in [0.25, 0.3) is 5.91 Å². The molecule has 122 valence electrons. The van der Waals surface area contributed by atoms with Gasteiger partial charge in [-0.05, 0) is 31.2 Å². The molecule has 0 aliphatic carbocycles. The van der Waals surface area contributed by atoms with Crippen LogP contribution in [0.15, 0.2) is 42.5 Å². The number of nitrogens with one attached hydrogen (secondary N) is 1. The largest absolute Gasteiger partial charge is 0.323 e. The van der Waals surface area contributed by atoms with E-state index in [4.69, 9.17) is 23.2 Å². The lowest BCUT2D eigenvalue weighted by Gasteiger charge is -2.32. The molecular formula is C17H12Cl2N2O2S. The van der Waals surface area contributed by atoms with Gasteiger partial charge in [-0.1, -0.05) is 41.4 Å². The summed E-state index contributed by atoms with van der Waals surface area (Å²) in [5, 5.41) is 3.35. The lowest BCUT2D eigenvalue weighted by atomic mass is 10.0. The second-order valence-electron chi connectivity index (χ2n) is 5.71. The van der Waals surface area contributed by atoms with Crippen LogP contribution in [0.25, 0.3) is 0 Å². The van der Waals surface area contributed by atoms with Crippen LogP contribution >= 0.6 is 35.0 Å². The summed E-state index contributed by atoms with van der Waals surface area (Å²) in [5.74, 6) is -0.382. The second-order valence-corrected chi connectivity index (χ2v) is 8.11. The maximum absolute atomic E-state index is 12.9. The number of thioether (sulfide) groups is 1. The van der Waals surface area contributed by atoms with Crippen LogP contribution in [0.3, 0.4) is 0 Å². The Labute approximate surface area is 153 Å². The van der Waals surface area contributed by atoms with Crippen LogP contribution in [0.2, 0.25) is 10.0 Å². The van der Waals surface area contributed by atoms with Crippen LogP contribution in [0, 0.1) is 0 Å². The molecule has 0 radical (unpaired) electrons. The molecule has 0 saturated carbocycles. The summed E-state index contributed by atoms with van der Waals surface area (Å²) in [4.78, 5) is 26.2. The van der Waals surface area contributed by atoms with E-state index in [9.17, 15) is 9.59 Å². The quantitative estimate of drug-likeness (QED) is 0.805. The van der Waals surface area contributed by atoms with Crippen molar-refractivity contribution in [2.75, 3.05) is 10.2 Å². The average molecular weight is 379 g/mol. The van der Waals surface area contributed by atoms with Crippen molar-refractivity contribution in [1.29, 1.82) is 0 Å². The first-order valence-corrected chi connectivity index (χ1v) is 8.96. The normalized spacial score (nSPS) is 25.3. The Morgan fingerprint density at radius 1 is 1.12 bits per heavy atom. The zero-order valence-electron chi connectivity index (χ0n) is 12.5. The summed E-state index contributed by atoms with van der Waals surface area (Å²) >= 11 is 13.6. The number of nitrogens with zero attached hydrogens (tertiary/aromatic N) is 1. The number of halogens is 2. The van der Waals surface area contributed by atoms with E-state index < -0.39 is 4.87 Å². The molecule has 1 saturated heterocycles. The van der Waals surface area contributed by atoms with Crippen LogP contribution in [-0.4, -0.2) is 17.1 Å². The molecule has 0 bridgehead atoms. The standard InChI is InChI=1S/C17H12Cl2N2O2S/c1-9-15(22)21(12-7-10(18)6-11(19)8-12)17(24-9)13-4-2-3-5-14(13)20-16(17)23/h2-9H,1H3,(H,20,23)/t9-,17-/m1/s1. The zero-order chi connectivity index (χ0) is 17.1. The van der Waals surface area contributed by atoms with Crippen LogP contribution in [0.5, 0.6) is 0 Å². The highest BCUT2D eigenvalue weighted by Crippen LogP contribution is 2.56. The fraction of sp³-hybridized carbons (Fsp3) is 0.176. The van der Waals surface area contributed by atoms with E-state index in [-0.39, 0.29) is 17.1 Å². The van der Waals surface area contributed by atoms with Gasteiger partial charge in [-0.3, -0.25) is 14.5 Å². The van der Waals surface area contributed by atoms with Crippen LogP contribution < -0.4 is 10.2 Å². The minimum Gasteiger partial charge on any atom is -0.323 e. The van der Waals surface area contributed by atoms with E-state index in [0.717, 1.165) is 11.3 Å². The highest BCUT2D eigenvalue weighted by Gasteiger charge is 2.60. The van der Waals surface area contributed by atoms with Crippen molar-refractivity contribution in [2.45, 2.75) is 17.0 Å². The van der Waals surface area contributed by atoms with Crippen molar-refractivity contribution < 1.29 is 9.59 Å². The monoisotopic (exact) mass is 378 g/mol. The van der Waals surface area contributed by atoms with E-state index in [1.54, 1.807) is 25.1 Å². The average Bonchev–Trinajstić information content (AvgIpc) is 2.94. The van der Waals surface area contributed by atoms with Gasteiger partial charge in [0.15, 0.2) is 0 Å². The number of anilines is 2. The maximum Gasteiger partial charge on any atom is 0.266 e. The minimum atomic E-state index is -1.14. The molecule has 2 aromatic rings. The number of amides is 2. The predicted octanol–water partition coefficient (Wildman–Crippen LogP) is 4.27. The number of carbonyl (C=O) groups excluding carboxylic acids is 2. The lowest BCUT2D eigenvalue weighted by Crippen LogP contribution is -2.47. The van der Waals surface area contributed by atoms with E-state index >= 15 is 0 Å². The van der Waals surface area contributed by atoms with Gasteiger partial charge in [0.2, 0.25) is 10.8 Å². The maximum atomic E-state index is 12.9. The lowest BCUT2D eigenvalue weighted by molar-refractivity contribution is -0.122. The number of hydrogen-bond acceptors (Lipinski definition) is 3. The first-order chi connectivity index (χ1) is 11.4. The molecule has 2 amide bonds. The number of hydrogen-bond donors (Lipinski definition) is 1. The zero-order valence-corrected chi connectivity index (χ0v) is 14.9. The van der Waals surface area contributed by atoms with Crippen LogP contribution in [-0.2, 0) is 14.5 Å². The molecule has 2 aromatic carbocycles. The van der Waals surface area contributed by atoms with Gasteiger partial charge in [-0.2, -0.15) is 0 Å². The van der Waals surface area contributed by atoms with E-state index in [2.05, 4.69) is 5.32 Å². The molecule has 1 fully saturated rings. The van der Waals surface area contributed by atoms with Crippen molar-refractivity contribution in [3.05, 3.63) is 58.1 Å². The molecule has 2 aliphatic heterocycles. The van der Waals surface area contributed by atoms with Crippen molar-refractivity contribution in [3.8, 4) is 0 Å². The fourth-order valence-corrected chi connectivity index (χ4v) is 5.23. The highest BCUT2D eigenvalue weighted by molar-refractivity contribution is 8.03. The fourth-order valence-electron chi connectivity index (χ4n) is 3.23. The summed E-state index contributed by atoms with van der Waals surface area (Å²) in [6.45, 7) is 1.80. The van der Waals surface area contributed by atoms with Crippen LogP contribution in [0.1, 0.15) is 12.5 Å². The number of rotatable bonds is 1. The SMILES string of the molecule is C[C@H]1S[C@]2(C(=O)Nc3ccccc32)N(c2cc(Cl)cc(Cl)c2)C1=O. The Morgan fingerprint density at radius 3 is 2.50 bits per heavy atom. The Bertz CT molecular complexity index is 868. The van der Waals surface area contributed by atoms with Crippen LogP contribution in [0.4, 0.5) is 11.4 Å². The highest BCUT2D eigenvalue weighted by atomic mass is 35.5. The summed E-state index contributed by atoms with van der Waals surface area (Å²) in [6.07, 6.45) is 0. The number of para-hydroxylation sites is 1. The van der Waals surface area contributed by atoms with Gasteiger partial charge < -0.3 is 5.32 Å². The molecule has 0 aromatic heterocycles. The first kappa shape index (κ1) is 15.8. The molecule has 7 heteroatoms. The molecule has 1 spiro atoms. The van der Waals surface area contributed by atoms with Crippen molar-refractivity contribution in [3.63, 3.8) is 0 Å². The smallest absolute Gasteiger partial charge is 0.266 e. The number of carbonyl (C=O) groups is 2. The molecule has 24 heavy (non-hydrogen) atoms. The minimum absolute atomic E-state index is 0.148. The molecule has 4 nitrogen and oxygen atoms in total. The Hall–Kier alpha value is -1.69. The van der Waals surface area contributed by atoms with Gasteiger partial charge >= 0.3 is 0 Å². The second kappa shape index (κ2) is 5.41. The van der Waals surface area contributed by atoms with Crippen molar-refractivity contribution in [2.24, 2.45) is 0 Å². The molecule has 0 unspecified atom stereocenters. The van der Waals surface area contributed by atoms with Gasteiger partial charge in [-0.15, -0.1) is 11.8 Å². The summed E-state index contributed by atoms with van der Waals surface area (Å²) in [7, 11) is 0. The molecular weight excluding hydrogens is 367 g/mol. The van der Waals surface area contributed by atoms with Gasteiger partial charge in [0.1, 0.15) is 0 Å². The third-order valence-corrected chi connectivity index (χ3v) is 6.10. The van der Waals surface area contributed by atoms with E-state index in [1.807, 2.05) is 24.3 Å². The van der Waals surface area contributed by atoms with Gasteiger partial charge in [-0.25, -0.2) is 0 Å². The number of benzene rings is 2. The molecule has 1 N–H and O–H groups in total. The predicted molar refractivity (Wildman–Crippen MR) is 97.8 cm³/mol. The van der Waals surface area contributed by atoms with Gasteiger partial charge in [0.05, 0.1) is 5.25 Å². The summed E-state index contributed by atoms with van der Waals surface area (Å²) < 4.78 is 0. The van der Waals surface area contributed by atoms with Gasteiger partial charge in [0, 0.05) is 27.0 Å². The van der Waals surface area contributed by atoms with Crippen molar-refractivity contribution >= 4 is 58.2 Å². The topological polar surface area (TPSA) is 49.4 Å². The van der Waals surface area contributed by atoms with Crippen molar-refractivity contribution in [1.82, 2.24) is 0 Å². The summed E-state index contributed by atoms with van der Waals surface area (Å²) in [6, 6.07) is 12.3. The third kappa shape index (κ3) is 2.08. The Morgan fingerprint density at radius 2 is 1.79 bits per heavy atom. The Balaban J connectivity index is 1.97. The Kier molecular flexibility index (Phi) is 3.56. The number of fused-ring (bicyclic) bond motifs is 2. The first-order valence-electron chi connectivity index (χ1n) is 7.32. The molecule has 2 atom stereocenters. The molecule has 2 aliphatic rings. The van der Waals surface area contributed by atoms with E-state index in [1.165, 1.54) is 16.7 Å². The third-order valence-electron chi connectivity index (χ3n) is 4.18.